The number of carbonyl (C=O) groups excluding carboxylic acids is 1. The molecule has 3 aromatic rings. The van der Waals surface area contributed by atoms with E-state index in [-0.39, 0.29) is 11.4 Å². The maximum atomic E-state index is 12.9. The molecule has 0 aromatic heterocycles. The Kier molecular flexibility index (Phi) is 7.57. The van der Waals surface area contributed by atoms with Crippen molar-refractivity contribution in [3.05, 3.63) is 77.9 Å². The molecule has 1 amide bonds. The minimum Gasteiger partial charge on any atom is -0.493 e. The molecule has 0 radical (unpaired) electrons. The fourth-order valence-electron chi connectivity index (χ4n) is 3.23. The fourth-order valence-corrected chi connectivity index (χ4v) is 4.39. The van der Waals surface area contributed by atoms with Crippen LogP contribution in [0.5, 0.6) is 17.2 Å². The van der Waals surface area contributed by atoms with Crippen LogP contribution in [0.4, 0.5) is 5.69 Å². The Hall–Kier alpha value is -3.56. The Labute approximate surface area is 193 Å². The van der Waals surface area contributed by atoms with Crippen LogP contribution in [0.25, 0.3) is 0 Å². The molecule has 1 N–H and O–H groups in total. The molecule has 0 heterocycles. The second kappa shape index (κ2) is 10.4. The summed E-state index contributed by atoms with van der Waals surface area (Å²) in [6.07, 6.45) is 0. The largest absolute Gasteiger partial charge is 0.493 e. The monoisotopic (exact) mass is 470 g/mol. The lowest BCUT2D eigenvalue weighted by Gasteiger charge is -2.17. The van der Waals surface area contributed by atoms with E-state index in [1.54, 1.807) is 12.1 Å². The predicted molar refractivity (Wildman–Crippen MR) is 126 cm³/mol. The van der Waals surface area contributed by atoms with Crippen LogP contribution in [0.15, 0.2) is 71.6 Å². The van der Waals surface area contributed by atoms with E-state index in [0.717, 1.165) is 5.56 Å². The second-order valence-corrected chi connectivity index (χ2v) is 9.18. The predicted octanol–water partition coefficient (Wildman–Crippen LogP) is 3.79. The number of benzene rings is 3. The van der Waals surface area contributed by atoms with E-state index in [1.807, 2.05) is 30.3 Å². The van der Waals surface area contributed by atoms with Crippen LogP contribution in [-0.4, -0.2) is 47.0 Å². The average Bonchev–Trinajstić information content (AvgIpc) is 2.83. The first-order valence-electron chi connectivity index (χ1n) is 10.0. The summed E-state index contributed by atoms with van der Waals surface area (Å²) < 4.78 is 42.9. The van der Waals surface area contributed by atoms with E-state index in [9.17, 15) is 13.2 Å². The summed E-state index contributed by atoms with van der Waals surface area (Å²) in [5.74, 6) is 0.673. The number of anilines is 1. The van der Waals surface area contributed by atoms with Crippen LogP contribution >= 0.6 is 0 Å². The van der Waals surface area contributed by atoms with Crippen LogP contribution in [0.1, 0.15) is 15.9 Å². The average molecular weight is 471 g/mol. The molecule has 0 aliphatic rings. The Morgan fingerprint density at radius 2 is 1.45 bits per heavy atom. The number of rotatable bonds is 9. The highest BCUT2D eigenvalue weighted by Crippen LogP contribution is 2.38. The molecule has 0 saturated carbocycles. The summed E-state index contributed by atoms with van der Waals surface area (Å²) in [5, 5.41) is 2.75. The van der Waals surface area contributed by atoms with Crippen molar-refractivity contribution in [3.8, 4) is 17.2 Å². The molecule has 0 spiro atoms. The van der Waals surface area contributed by atoms with Crippen molar-refractivity contribution in [2.24, 2.45) is 0 Å². The van der Waals surface area contributed by atoms with Crippen LogP contribution in [-0.2, 0) is 16.6 Å². The Morgan fingerprint density at radius 1 is 0.879 bits per heavy atom. The lowest BCUT2D eigenvalue weighted by atomic mass is 10.1. The third-order valence-corrected chi connectivity index (χ3v) is 6.81. The fraction of sp³-hybridized carbons (Fsp3) is 0.208. The molecule has 8 nitrogen and oxygen atoms in total. The van der Waals surface area contributed by atoms with Crippen LogP contribution < -0.4 is 19.5 Å². The van der Waals surface area contributed by atoms with Gasteiger partial charge in [-0.05, 0) is 42.0 Å². The summed E-state index contributed by atoms with van der Waals surface area (Å²) in [6, 6.07) is 18.4. The van der Waals surface area contributed by atoms with Gasteiger partial charge in [-0.1, -0.05) is 30.3 Å². The molecule has 3 rings (SSSR count). The summed E-state index contributed by atoms with van der Waals surface area (Å²) in [4.78, 5) is 12.9. The third kappa shape index (κ3) is 5.44. The van der Waals surface area contributed by atoms with Gasteiger partial charge in [-0.3, -0.25) is 4.79 Å². The molecule has 0 unspecified atom stereocenters. The highest BCUT2D eigenvalue weighted by molar-refractivity contribution is 7.89. The first kappa shape index (κ1) is 24.1. The van der Waals surface area contributed by atoms with Gasteiger partial charge in [0.2, 0.25) is 15.8 Å². The Bertz CT molecular complexity index is 1190. The maximum Gasteiger partial charge on any atom is 0.255 e. The number of hydrogen-bond acceptors (Lipinski definition) is 6. The van der Waals surface area contributed by atoms with Crippen molar-refractivity contribution in [2.75, 3.05) is 33.7 Å². The SMILES string of the molecule is COc1cc(C(=O)Nc2ccc(S(=O)(=O)N(C)Cc3ccccc3)cc2)cc(OC)c1OC. The molecule has 0 aliphatic carbocycles. The molecular weight excluding hydrogens is 444 g/mol. The van der Waals surface area contributed by atoms with Gasteiger partial charge in [0.1, 0.15) is 0 Å². The van der Waals surface area contributed by atoms with Crippen molar-refractivity contribution in [3.63, 3.8) is 0 Å². The topological polar surface area (TPSA) is 94.2 Å². The van der Waals surface area contributed by atoms with Gasteiger partial charge in [0, 0.05) is 24.8 Å². The third-order valence-electron chi connectivity index (χ3n) is 5.00. The molecule has 0 saturated heterocycles. The van der Waals surface area contributed by atoms with Crippen LogP contribution in [0.3, 0.4) is 0 Å². The van der Waals surface area contributed by atoms with E-state index in [0.29, 0.717) is 28.5 Å². The minimum atomic E-state index is -3.69. The van der Waals surface area contributed by atoms with Gasteiger partial charge >= 0.3 is 0 Å². The van der Waals surface area contributed by atoms with Crippen molar-refractivity contribution in [2.45, 2.75) is 11.4 Å². The van der Waals surface area contributed by atoms with Gasteiger partial charge in [0.25, 0.3) is 5.91 Å². The summed E-state index contributed by atoms with van der Waals surface area (Å²) >= 11 is 0. The number of nitrogens with zero attached hydrogens (tertiary/aromatic N) is 1. The minimum absolute atomic E-state index is 0.131. The zero-order chi connectivity index (χ0) is 24.0. The van der Waals surface area contributed by atoms with Gasteiger partial charge in [0.15, 0.2) is 11.5 Å². The van der Waals surface area contributed by atoms with E-state index in [2.05, 4.69) is 5.32 Å². The first-order chi connectivity index (χ1) is 15.8. The lowest BCUT2D eigenvalue weighted by molar-refractivity contribution is 0.102. The number of ether oxygens (including phenoxy) is 3. The van der Waals surface area contributed by atoms with Crippen molar-refractivity contribution in [1.29, 1.82) is 0 Å². The first-order valence-corrected chi connectivity index (χ1v) is 11.5. The standard InChI is InChI=1S/C24H26N2O6S/c1-26(16-17-8-6-5-7-9-17)33(28,29)20-12-10-19(11-13-20)25-24(27)18-14-21(30-2)23(32-4)22(15-18)31-3/h5-15H,16H2,1-4H3,(H,25,27). The smallest absolute Gasteiger partial charge is 0.255 e. The van der Waals surface area contributed by atoms with Gasteiger partial charge < -0.3 is 19.5 Å². The Balaban J connectivity index is 1.76. The number of sulfonamides is 1. The maximum absolute atomic E-state index is 12.9. The zero-order valence-corrected chi connectivity index (χ0v) is 19.7. The summed E-state index contributed by atoms with van der Waals surface area (Å²) in [6.45, 7) is 0.253. The van der Waals surface area contributed by atoms with Gasteiger partial charge in [0.05, 0.1) is 26.2 Å². The van der Waals surface area contributed by atoms with Crippen molar-refractivity contribution < 1.29 is 27.4 Å². The molecule has 0 fully saturated rings. The van der Waals surface area contributed by atoms with Crippen molar-refractivity contribution >= 4 is 21.6 Å². The molecule has 0 aliphatic heterocycles. The molecule has 0 atom stereocenters. The van der Waals surface area contributed by atoms with E-state index in [4.69, 9.17) is 14.2 Å². The summed E-state index contributed by atoms with van der Waals surface area (Å²) in [7, 11) is 2.25. The lowest BCUT2D eigenvalue weighted by Crippen LogP contribution is -2.26. The van der Waals surface area contributed by atoms with Crippen LogP contribution in [0.2, 0.25) is 0 Å². The van der Waals surface area contributed by atoms with E-state index >= 15 is 0 Å². The number of hydrogen-bond donors (Lipinski definition) is 1. The number of nitrogens with one attached hydrogen (secondary N) is 1. The van der Waals surface area contributed by atoms with Gasteiger partial charge in [-0.25, -0.2) is 8.42 Å². The van der Waals surface area contributed by atoms with E-state index in [1.165, 1.54) is 56.9 Å². The zero-order valence-electron chi connectivity index (χ0n) is 18.9. The second-order valence-electron chi connectivity index (χ2n) is 7.14. The summed E-state index contributed by atoms with van der Waals surface area (Å²) in [5.41, 5.74) is 1.63. The molecule has 33 heavy (non-hydrogen) atoms. The Morgan fingerprint density at radius 3 is 1.97 bits per heavy atom. The quantitative estimate of drug-likeness (QED) is 0.511. The van der Waals surface area contributed by atoms with Gasteiger partial charge in [-0.15, -0.1) is 0 Å². The molecular formula is C24H26N2O6S. The van der Waals surface area contributed by atoms with E-state index < -0.39 is 15.9 Å². The highest BCUT2D eigenvalue weighted by atomic mass is 32.2. The number of methoxy groups -OCH3 is 3. The van der Waals surface area contributed by atoms with Gasteiger partial charge in [-0.2, -0.15) is 4.31 Å². The molecule has 0 bridgehead atoms. The normalized spacial score (nSPS) is 11.2. The highest BCUT2D eigenvalue weighted by Gasteiger charge is 2.21. The number of carbonyl (C=O) groups is 1. The van der Waals surface area contributed by atoms with Crippen molar-refractivity contribution in [1.82, 2.24) is 4.31 Å². The molecule has 3 aromatic carbocycles. The number of amides is 1. The van der Waals surface area contributed by atoms with Crippen LogP contribution in [0, 0.1) is 0 Å². The molecule has 9 heteroatoms. The molecule has 174 valence electrons.